The van der Waals surface area contributed by atoms with Gasteiger partial charge in [-0.25, -0.2) is 4.68 Å². The highest BCUT2D eigenvalue weighted by Crippen LogP contribution is 2.37. The molecule has 1 aliphatic heterocycles. The third-order valence-corrected chi connectivity index (χ3v) is 5.63. The van der Waals surface area contributed by atoms with E-state index in [4.69, 9.17) is 10.1 Å². The van der Waals surface area contributed by atoms with Gasteiger partial charge in [-0.1, -0.05) is 72.8 Å². The van der Waals surface area contributed by atoms with Gasteiger partial charge < -0.3 is 10.6 Å². The van der Waals surface area contributed by atoms with Crippen LogP contribution in [0.3, 0.4) is 0 Å². The number of para-hydroxylation sites is 1. The summed E-state index contributed by atoms with van der Waals surface area (Å²) in [6, 6.07) is 27.0. The van der Waals surface area contributed by atoms with Crippen LogP contribution in [0.25, 0.3) is 11.4 Å². The van der Waals surface area contributed by atoms with Gasteiger partial charge in [0.2, 0.25) is 5.95 Å². The van der Waals surface area contributed by atoms with Gasteiger partial charge in [0.05, 0.1) is 5.57 Å². The fraction of sp³-hybridized carbons (Fsp3) is 0.115. The zero-order chi connectivity index (χ0) is 22.1. The van der Waals surface area contributed by atoms with E-state index in [2.05, 4.69) is 10.6 Å². The van der Waals surface area contributed by atoms with E-state index in [9.17, 15) is 4.79 Å². The van der Waals surface area contributed by atoms with Crippen molar-refractivity contribution in [2.24, 2.45) is 0 Å². The van der Waals surface area contributed by atoms with Crippen molar-refractivity contribution in [2.75, 3.05) is 10.6 Å². The first kappa shape index (κ1) is 19.8. The standard InChI is InChI=1S/C26H23N5O/c1-17-11-9-10-16-21(17)24-29-26-27-18(2)22(25(32)28-20-14-7-4-8-15-20)23(31(26)30-24)19-12-5-3-6-13-19/h3-16,23H,1-2H3,(H,28,32)(H,27,29,30). The van der Waals surface area contributed by atoms with Crippen molar-refractivity contribution in [1.82, 2.24) is 14.8 Å². The van der Waals surface area contributed by atoms with Crippen LogP contribution < -0.4 is 10.6 Å². The molecule has 1 unspecified atom stereocenters. The number of aryl methyl sites for hydroxylation is 1. The van der Waals surface area contributed by atoms with Crippen LogP contribution in [0.1, 0.15) is 24.1 Å². The summed E-state index contributed by atoms with van der Waals surface area (Å²) in [5.74, 6) is 1.07. The first-order chi connectivity index (χ1) is 15.6. The van der Waals surface area contributed by atoms with Gasteiger partial charge in [-0.15, -0.1) is 5.10 Å². The number of aromatic nitrogens is 3. The molecule has 3 aromatic carbocycles. The molecule has 0 radical (unpaired) electrons. The molecule has 0 saturated carbocycles. The van der Waals surface area contributed by atoms with E-state index in [0.29, 0.717) is 17.3 Å². The number of hydrogen-bond acceptors (Lipinski definition) is 4. The van der Waals surface area contributed by atoms with Crippen molar-refractivity contribution in [1.29, 1.82) is 0 Å². The minimum absolute atomic E-state index is 0.173. The van der Waals surface area contributed by atoms with E-state index in [1.165, 1.54) is 0 Å². The predicted molar refractivity (Wildman–Crippen MR) is 126 cm³/mol. The van der Waals surface area contributed by atoms with Crippen LogP contribution >= 0.6 is 0 Å². The first-order valence-corrected chi connectivity index (χ1v) is 10.5. The van der Waals surface area contributed by atoms with Crippen LogP contribution in [-0.2, 0) is 4.79 Å². The number of nitrogens with zero attached hydrogens (tertiary/aromatic N) is 3. The summed E-state index contributed by atoms with van der Waals surface area (Å²) in [5, 5.41) is 11.2. The lowest BCUT2D eigenvalue weighted by Gasteiger charge is -2.28. The van der Waals surface area contributed by atoms with Crippen LogP contribution in [-0.4, -0.2) is 20.7 Å². The largest absolute Gasteiger partial charge is 0.328 e. The van der Waals surface area contributed by atoms with E-state index in [-0.39, 0.29) is 5.91 Å². The molecular formula is C26H23N5O. The number of carbonyl (C=O) groups is 1. The molecule has 4 aromatic rings. The van der Waals surface area contributed by atoms with Gasteiger partial charge in [0.1, 0.15) is 6.04 Å². The Bertz CT molecular complexity index is 1310. The zero-order valence-electron chi connectivity index (χ0n) is 17.9. The topological polar surface area (TPSA) is 71.8 Å². The maximum absolute atomic E-state index is 13.4. The van der Waals surface area contributed by atoms with Gasteiger partial charge in [-0.05, 0) is 37.1 Å². The summed E-state index contributed by atoms with van der Waals surface area (Å²) >= 11 is 0. The van der Waals surface area contributed by atoms with Crippen LogP contribution in [0, 0.1) is 6.92 Å². The smallest absolute Gasteiger partial charge is 0.255 e. The van der Waals surface area contributed by atoms with Crippen molar-refractivity contribution < 1.29 is 4.79 Å². The van der Waals surface area contributed by atoms with Crippen LogP contribution in [0.5, 0.6) is 0 Å². The second-order valence-electron chi connectivity index (χ2n) is 7.82. The summed E-state index contributed by atoms with van der Waals surface area (Å²) in [5.41, 5.74) is 5.13. The summed E-state index contributed by atoms with van der Waals surface area (Å²) in [4.78, 5) is 18.2. The Morgan fingerprint density at radius 1 is 0.906 bits per heavy atom. The number of fused-ring (bicyclic) bond motifs is 1. The molecule has 0 bridgehead atoms. The Morgan fingerprint density at radius 2 is 1.56 bits per heavy atom. The van der Waals surface area contributed by atoms with Crippen LogP contribution in [0.4, 0.5) is 11.6 Å². The molecule has 158 valence electrons. The van der Waals surface area contributed by atoms with Crippen molar-refractivity contribution in [3.05, 3.63) is 107 Å². The first-order valence-electron chi connectivity index (χ1n) is 10.5. The maximum atomic E-state index is 13.4. The highest BCUT2D eigenvalue weighted by atomic mass is 16.1. The second-order valence-corrected chi connectivity index (χ2v) is 7.82. The van der Waals surface area contributed by atoms with Crippen molar-refractivity contribution in [3.8, 4) is 11.4 Å². The molecule has 0 spiro atoms. The molecule has 0 aliphatic carbocycles. The quantitative estimate of drug-likeness (QED) is 0.476. The summed E-state index contributed by atoms with van der Waals surface area (Å²) in [7, 11) is 0. The Labute approximate surface area is 186 Å². The van der Waals surface area contributed by atoms with Crippen LogP contribution in [0.2, 0.25) is 0 Å². The average molecular weight is 422 g/mol. The fourth-order valence-corrected chi connectivity index (χ4v) is 4.05. The summed E-state index contributed by atoms with van der Waals surface area (Å²) < 4.78 is 1.81. The normalized spacial score (nSPS) is 15.1. The van der Waals surface area contributed by atoms with Crippen molar-refractivity contribution in [3.63, 3.8) is 0 Å². The van der Waals surface area contributed by atoms with Gasteiger partial charge in [-0.2, -0.15) is 4.98 Å². The summed E-state index contributed by atoms with van der Waals surface area (Å²) in [6.07, 6.45) is 0. The number of allylic oxidation sites excluding steroid dienone is 1. The van der Waals surface area contributed by atoms with E-state index in [1.54, 1.807) is 0 Å². The second kappa shape index (κ2) is 8.15. The van der Waals surface area contributed by atoms with E-state index >= 15 is 0 Å². The Balaban J connectivity index is 1.61. The molecule has 1 amide bonds. The lowest BCUT2D eigenvalue weighted by molar-refractivity contribution is -0.113. The molecule has 6 heteroatoms. The minimum Gasteiger partial charge on any atom is -0.328 e. The lowest BCUT2D eigenvalue weighted by Crippen LogP contribution is -2.31. The van der Waals surface area contributed by atoms with Gasteiger partial charge in [-0.3, -0.25) is 4.79 Å². The molecule has 1 aliphatic rings. The zero-order valence-corrected chi connectivity index (χ0v) is 17.9. The number of nitrogens with one attached hydrogen (secondary N) is 2. The van der Waals surface area contributed by atoms with E-state index in [0.717, 1.165) is 28.1 Å². The van der Waals surface area contributed by atoms with Crippen molar-refractivity contribution >= 4 is 17.5 Å². The van der Waals surface area contributed by atoms with Crippen LogP contribution in [0.15, 0.2) is 96.2 Å². The number of rotatable bonds is 4. The molecule has 0 saturated heterocycles. The fourth-order valence-electron chi connectivity index (χ4n) is 4.05. The molecular weight excluding hydrogens is 398 g/mol. The minimum atomic E-state index is -0.401. The number of carbonyl (C=O) groups excluding carboxylic acids is 1. The number of benzene rings is 3. The molecule has 1 atom stereocenters. The number of hydrogen-bond donors (Lipinski definition) is 2. The predicted octanol–water partition coefficient (Wildman–Crippen LogP) is 5.18. The summed E-state index contributed by atoms with van der Waals surface area (Å²) in [6.45, 7) is 3.95. The Morgan fingerprint density at radius 3 is 2.28 bits per heavy atom. The Kier molecular flexibility index (Phi) is 5.03. The lowest BCUT2D eigenvalue weighted by atomic mass is 9.95. The Hall–Kier alpha value is -4.19. The molecule has 32 heavy (non-hydrogen) atoms. The number of anilines is 2. The third kappa shape index (κ3) is 3.56. The van der Waals surface area contributed by atoms with Gasteiger partial charge in [0, 0.05) is 16.9 Å². The van der Waals surface area contributed by atoms with E-state index < -0.39 is 6.04 Å². The van der Waals surface area contributed by atoms with Gasteiger partial charge in [0.25, 0.3) is 5.91 Å². The van der Waals surface area contributed by atoms with E-state index in [1.807, 2.05) is 103 Å². The molecule has 1 aromatic heterocycles. The molecule has 5 rings (SSSR count). The van der Waals surface area contributed by atoms with Crippen molar-refractivity contribution in [2.45, 2.75) is 19.9 Å². The number of amides is 1. The molecule has 6 nitrogen and oxygen atoms in total. The SMILES string of the molecule is CC1=C(C(=O)Nc2ccccc2)C(c2ccccc2)n2nc(-c3ccccc3C)nc2N1. The monoisotopic (exact) mass is 421 g/mol. The maximum Gasteiger partial charge on any atom is 0.255 e. The molecule has 2 heterocycles. The highest BCUT2D eigenvalue weighted by Gasteiger charge is 2.34. The highest BCUT2D eigenvalue weighted by molar-refractivity contribution is 6.06. The third-order valence-electron chi connectivity index (χ3n) is 5.63. The molecule has 0 fully saturated rings. The van der Waals surface area contributed by atoms with Gasteiger partial charge >= 0.3 is 0 Å². The average Bonchev–Trinajstić information content (AvgIpc) is 3.23. The molecule has 2 N–H and O–H groups in total. The van der Waals surface area contributed by atoms with Gasteiger partial charge in [0.15, 0.2) is 5.82 Å².